The first-order chi connectivity index (χ1) is 10.0. The topological polar surface area (TPSA) is 65.4 Å². The number of nitriles is 1. The minimum Gasteiger partial charge on any atom is -0.368 e. The van der Waals surface area contributed by atoms with Crippen molar-refractivity contribution in [3.8, 4) is 6.07 Å². The van der Waals surface area contributed by atoms with Gasteiger partial charge in [0.1, 0.15) is 12.1 Å². The van der Waals surface area contributed by atoms with Crippen molar-refractivity contribution in [2.45, 2.75) is 57.1 Å². The molecule has 2 fully saturated rings. The lowest BCUT2D eigenvalue weighted by Gasteiger charge is -2.36. The summed E-state index contributed by atoms with van der Waals surface area (Å²) in [6.07, 6.45) is 6.11. The Labute approximate surface area is 127 Å². The van der Waals surface area contributed by atoms with Crippen LogP contribution in [0.1, 0.15) is 45.4 Å². The molecule has 5 nitrogen and oxygen atoms in total. The van der Waals surface area contributed by atoms with Gasteiger partial charge in [-0.25, -0.2) is 0 Å². The molecule has 21 heavy (non-hydrogen) atoms. The molecule has 5 heteroatoms. The second-order valence-corrected chi connectivity index (χ2v) is 6.75. The summed E-state index contributed by atoms with van der Waals surface area (Å²) < 4.78 is 5.74. The Morgan fingerprint density at radius 3 is 2.76 bits per heavy atom. The van der Waals surface area contributed by atoms with E-state index in [2.05, 4.69) is 23.2 Å². The minimum absolute atomic E-state index is 0.0800. The summed E-state index contributed by atoms with van der Waals surface area (Å²) in [5.74, 6) is 0.533. The lowest BCUT2D eigenvalue weighted by atomic mass is 9.88. The van der Waals surface area contributed by atoms with Crippen molar-refractivity contribution in [1.29, 1.82) is 5.26 Å². The average Bonchev–Trinajstić information content (AvgIpc) is 2.48. The third-order valence-corrected chi connectivity index (χ3v) is 4.77. The Morgan fingerprint density at radius 2 is 2.14 bits per heavy atom. The molecule has 118 valence electrons. The lowest BCUT2D eigenvalue weighted by molar-refractivity contribution is -0.130. The molecule has 2 atom stereocenters. The fourth-order valence-corrected chi connectivity index (χ4v) is 3.29. The van der Waals surface area contributed by atoms with E-state index in [1.807, 2.05) is 7.05 Å². The predicted octanol–water partition coefficient (Wildman–Crippen LogP) is 1.69. The smallest absolute Gasteiger partial charge is 0.247 e. The molecule has 1 heterocycles. The number of amides is 1. The van der Waals surface area contributed by atoms with Crippen molar-refractivity contribution < 1.29 is 9.53 Å². The second-order valence-electron chi connectivity index (χ2n) is 6.75. The molecule has 0 aromatic heterocycles. The Hall–Kier alpha value is -1.12. The van der Waals surface area contributed by atoms with Gasteiger partial charge in [-0.1, -0.05) is 19.8 Å². The highest BCUT2D eigenvalue weighted by Crippen LogP contribution is 2.25. The van der Waals surface area contributed by atoms with Crippen LogP contribution < -0.4 is 5.32 Å². The molecule has 0 radical (unpaired) electrons. The Kier molecular flexibility index (Phi) is 5.60. The largest absolute Gasteiger partial charge is 0.368 e. The van der Waals surface area contributed by atoms with E-state index in [1.165, 1.54) is 12.8 Å². The first-order valence-electron chi connectivity index (χ1n) is 8.05. The van der Waals surface area contributed by atoms with Gasteiger partial charge in [0, 0.05) is 13.1 Å². The number of carbonyl (C=O) groups is 1. The van der Waals surface area contributed by atoms with Gasteiger partial charge in [0.25, 0.3) is 0 Å². The van der Waals surface area contributed by atoms with Crippen LogP contribution in [0.5, 0.6) is 0 Å². The van der Waals surface area contributed by atoms with E-state index in [0.29, 0.717) is 18.8 Å². The fraction of sp³-hybridized carbons (Fsp3) is 0.875. The van der Waals surface area contributed by atoms with Gasteiger partial charge in [0.05, 0.1) is 12.2 Å². The summed E-state index contributed by atoms with van der Waals surface area (Å²) in [6, 6.07) is 2.30. The zero-order valence-corrected chi connectivity index (χ0v) is 13.2. The quantitative estimate of drug-likeness (QED) is 0.856. The van der Waals surface area contributed by atoms with Gasteiger partial charge < -0.3 is 15.0 Å². The number of piperidine rings is 1. The molecule has 1 N–H and O–H groups in total. The predicted molar refractivity (Wildman–Crippen MR) is 80.6 cm³/mol. The van der Waals surface area contributed by atoms with Crippen LogP contribution in [-0.2, 0) is 9.53 Å². The Balaban J connectivity index is 1.77. The first kappa shape index (κ1) is 16.3. The first-order valence-corrected chi connectivity index (χ1v) is 8.05. The monoisotopic (exact) mass is 293 g/mol. The van der Waals surface area contributed by atoms with Crippen LogP contribution in [0.25, 0.3) is 0 Å². The van der Waals surface area contributed by atoms with Gasteiger partial charge >= 0.3 is 0 Å². The highest BCUT2D eigenvalue weighted by atomic mass is 16.5. The molecule has 1 aliphatic heterocycles. The maximum Gasteiger partial charge on any atom is 0.247 e. The number of nitrogens with one attached hydrogen (secondary N) is 1. The van der Waals surface area contributed by atoms with E-state index in [1.54, 1.807) is 0 Å². The van der Waals surface area contributed by atoms with Crippen LogP contribution >= 0.6 is 0 Å². The number of hydrogen-bond donors (Lipinski definition) is 1. The number of hydrogen-bond acceptors (Lipinski definition) is 4. The molecule has 0 unspecified atom stereocenters. The molecule has 0 bridgehead atoms. The van der Waals surface area contributed by atoms with Crippen molar-refractivity contribution in [3.05, 3.63) is 0 Å². The summed E-state index contributed by atoms with van der Waals surface area (Å²) in [5, 5.41) is 12.3. The van der Waals surface area contributed by atoms with E-state index in [4.69, 9.17) is 4.74 Å². The van der Waals surface area contributed by atoms with Crippen molar-refractivity contribution in [3.63, 3.8) is 0 Å². The fourth-order valence-electron chi connectivity index (χ4n) is 3.29. The molecular weight excluding hydrogens is 266 g/mol. The molecule has 2 aliphatic rings. The normalized spacial score (nSPS) is 29.6. The van der Waals surface area contributed by atoms with Crippen molar-refractivity contribution in [1.82, 2.24) is 10.2 Å². The van der Waals surface area contributed by atoms with E-state index < -0.39 is 5.54 Å². The summed E-state index contributed by atoms with van der Waals surface area (Å²) in [6.45, 7) is 4.00. The SMILES string of the molecule is C[C@@H]1CCC[C@@H](OCC(=O)NC2(C#N)CCN(C)CC2)C1. The average molecular weight is 293 g/mol. The summed E-state index contributed by atoms with van der Waals surface area (Å²) in [5.41, 5.74) is -0.702. The van der Waals surface area contributed by atoms with Crippen LogP contribution in [-0.4, -0.2) is 49.2 Å². The third kappa shape index (κ3) is 4.69. The van der Waals surface area contributed by atoms with Crippen LogP contribution in [0.4, 0.5) is 0 Å². The molecule has 0 aromatic rings. The summed E-state index contributed by atoms with van der Waals surface area (Å²) in [4.78, 5) is 14.3. The Bertz CT molecular complexity index is 397. The van der Waals surface area contributed by atoms with Crippen molar-refractivity contribution in [2.24, 2.45) is 5.92 Å². The second kappa shape index (κ2) is 7.24. The van der Waals surface area contributed by atoms with Crippen molar-refractivity contribution >= 4 is 5.91 Å². The van der Waals surface area contributed by atoms with E-state index in [0.717, 1.165) is 25.9 Å². The summed E-state index contributed by atoms with van der Waals surface area (Å²) >= 11 is 0. The molecule has 1 amide bonds. The molecule has 1 saturated carbocycles. The molecular formula is C16H27N3O2. The Morgan fingerprint density at radius 1 is 1.43 bits per heavy atom. The van der Waals surface area contributed by atoms with Gasteiger partial charge in [-0.2, -0.15) is 5.26 Å². The zero-order valence-electron chi connectivity index (χ0n) is 13.2. The summed E-state index contributed by atoms with van der Waals surface area (Å²) in [7, 11) is 2.04. The number of rotatable bonds is 4. The third-order valence-electron chi connectivity index (χ3n) is 4.77. The zero-order chi connectivity index (χ0) is 15.3. The van der Waals surface area contributed by atoms with Crippen LogP contribution in [0.3, 0.4) is 0 Å². The standard InChI is InChI=1S/C16H27N3O2/c1-13-4-3-5-14(10-13)21-11-15(20)18-16(12-17)6-8-19(2)9-7-16/h13-14H,3-11H2,1-2H3,(H,18,20)/t13-,14-/m1/s1. The van der Waals surface area contributed by atoms with Gasteiger partial charge in [0.2, 0.25) is 5.91 Å². The number of nitrogens with zero attached hydrogens (tertiary/aromatic N) is 2. The maximum atomic E-state index is 12.1. The van der Waals surface area contributed by atoms with Gasteiger partial charge in [-0.15, -0.1) is 0 Å². The molecule has 1 aliphatic carbocycles. The molecule has 0 spiro atoms. The molecule has 0 aromatic carbocycles. The number of likely N-dealkylation sites (tertiary alicyclic amines) is 1. The van der Waals surface area contributed by atoms with Crippen LogP contribution in [0, 0.1) is 17.2 Å². The van der Waals surface area contributed by atoms with Crippen LogP contribution in [0.2, 0.25) is 0 Å². The molecule has 2 rings (SSSR count). The van der Waals surface area contributed by atoms with Crippen LogP contribution in [0.15, 0.2) is 0 Å². The number of ether oxygens (including phenoxy) is 1. The van der Waals surface area contributed by atoms with E-state index in [9.17, 15) is 10.1 Å². The highest BCUT2D eigenvalue weighted by molar-refractivity contribution is 5.78. The van der Waals surface area contributed by atoms with Gasteiger partial charge in [-0.3, -0.25) is 4.79 Å². The van der Waals surface area contributed by atoms with E-state index >= 15 is 0 Å². The highest BCUT2D eigenvalue weighted by Gasteiger charge is 2.35. The lowest BCUT2D eigenvalue weighted by Crippen LogP contribution is -2.54. The van der Waals surface area contributed by atoms with Gasteiger partial charge in [0.15, 0.2) is 0 Å². The van der Waals surface area contributed by atoms with E-state index in [-0.39, 0.29) is 18.6 Å². The maximum absolute atomic E-state index is 12.1. The number of carbonyl (C=O) groups excluding carboxylic acids is 1. The van der Waals surface area contributed by atoms with Gasteiger partial charge in [-0.05, 0) is 38.6 Å². The van der Waals surface area contributed by atoms with Crippen molar-refractivity contribution in [2.75, 3.05) is 26.7 Å². The molecule has 1 saturated heterocycles. The minimum atomic E-state index is -0.702.